The van der Waals surface area contributed by atoms with Crippen molar-refractivity contribution >= 4 is 23.4 Å². The first-order chi connectivity index (χ1) is 22.3. The molecule has 1 fully saturated rings. The van der Waals surface area contributed by atoms with Gasteiger partial charge in [0.1, 0.15) is 29.0 Å². The number of aryl methyl sites for hydroxylation is 2. The van der Waals surface area contributed by atoms with Crippen LogP contribution in [0.25, 0.3) is 0 Å². The number of rotatable bonds is 6. The van der Waals surface area contributed by atoms with Gasteiger partial charge in [-0.05, 0) is 88.0 Å². The lowest BCUT2D eigenvalue weighted by Crippen LogP contribution is -2.42. The third kappa shape index (κ3) is 8.00. The number of nitrogens with zero attached hydrogens (tertiary/aromatic N) is 3. The van der Waals surface area contributed by atoms with E-state index in [0.29, 0.717) is 47.1 Å². The Balaban J connectivity index is 1.34. The van der Waals surface area contributed by atoms with Crippen molar-refractivity contribution in [3.63, 3.8) is 0 Å². The van der Waals surface area contributed by atoms with E-state index < -0.39 is 0 Å². The van der Waals surface area contributed by atoms with Gasteiger partial charge in [-0.25, -0.2) is 9.79 Å². The smallest absolute Gasteiger partial charge is 0.320 e. The average molecular weight is 637 g/mol. The Morgan fingerprint density at radius 2 is 1.77 bits per heavy atom. The number of likely N-dealkylation sites (tertiary alicyclic amines) is 1. The lowest BCUT2D eigenvalue weighted by atomic mass is 9.85. The van der Waals surface area contributed by atoms with Crippen molar-refractivity contribution in [1.82, 2.24) is 20.1 Å². The molecule has 1 aliphatic heterocycles. The number of carbonyl (C=O) groups excluding carboxylic acids is 1. The van der Waals surface area contributed by atoms with Gasteiger partial charge >= 0.3 is 6.03 Å². The number of amidine groups is 1. The molecule has 3 aromatic rings. The largest absolute Gasteiger partial charge is 0.484 e. The summed E-state index contributed by atoms with van der Waals surface area (Å²) in [4.78, 5) is 20.3. The standard InChI is InChI=1S/C37H48N8O2/c1-23-13-15-25(16-14-23)41-33(21-32(38)37(3,4)5)43-36(46)42-29-17-18-31(28-11-8-7-10-27(28)29)47-26-20-24(2)34(39)45(22-26)35(40)30-12-9-19-44(30)6/h7-8,10-11,13-16,20-22,29-31,39-40H,9,12,17-19,38H2,1-6H3,(H2,41,42,43,46)/b32-21-,39-34?,40-35?/t29?,30-,31?/m0/s1. The third-order valence-electron chi connectivity index (χ3n) is 9.03. The van der Waals surface area contributed by atoms with Crippen LogP contribution >= 0.6 is 0 Å². The van der Waals surface area contributed by atoms with Crippen LogP contribution < -0.4 is 26.6 Å². The van der Waals surface area contributed by atoms with Crippen LogP contribution in [0.5, 0.6) is 5.75 Å². The van der Waals surface area contributed by atoms with E-state index in [2.05, 4.69) is 20.5 Å². The van der Waals surface area contributed by atoms with Crippen molar-refractivity contribution in [3.05, 3.63) is 100 Å². The summed E-state index contributed by atoms with van der Waals surface area (Å²) in [6.45, 7) is 10.9. The van der Waals surface area contributed by atoms with Gasteiger partial charge in [0, 0.05) is 17.2 Å². The second kappa shape index (κ2) is 14.0. The van der Waals surface area contributed by atoms with E-state index in [1.54, 1.807) is 16.8 Å². The molecule has 2 aliphatic rings. The van der Waals surface area contributed by atoms with E-state index >= 15 is 0 Å². The van der Waals surface area contributed by atoms with Crippen LogP contribution in [-0.4, -0.2) is 46.8 Å². The molecule has 10 nitrogen and oxygen atoms in total. The number of likely N-dealkylation sites (N-methyl/N-ethyl adjacent to an activating group) is 1. The Bertz CT molecular complexity index is 1750. The molecule has 5 rings (SSSR count). The molecule has 0 saturated carbocycles. The van der Waals surface area contributed by atoms with Crippen molar-refractivity contribution in [2.75, 3.05) is 13.6 Å². The summed E-state index contributed by atoms with van der Waals surface area (Å²) in [5, 5.41) is 23.6. The summed E-state index contributed by atoms with van der Waals surface area (Å²) in [6, 6.07) is 17.0. The van der Waals surface area contributed by atoms with Gasteiger partial charge in [0.25, 0.3) is 0 Å². The fourth-order valence-corrected chi connectivity index (χ4v) is 6.09. The zero-order valence-corrected chi connectivity index (χ0v) is 28.4. The number of pyridine rings is 1. The molecule has 1 saturated heterocycles. The van der Waals surface area contributed by atoms with Gasteiger partial charge in [-0.15, -0.1) is 0 Å². The molecule has 1 aromatic heterocycles. The predicted molar refractivity (Wildman–Crippen MR) is 187 cm³/mol. The Morgan fingerprint density at radius 3 is 2.43 bits per heavy atom. The second-order valence-electron chi connectivity index (χ2n) is 13.7. The number of nitrogens with two attached hydrogens (primary N) is 1. The molecule has 1 aliphatic carbocycles. The van der Waals surface area contributed by atoms with Crippen LogP contribution in [0.15, 0.2) is 77.6 Å². The molecular formula is C37H48N8O2. The zero-order valence-electron chi connectivity index (χ0n) is 28.4. The zero-order chi connectivity index (χ0) is 33.9. The minimum atomic E-state index is -0.369. The molecule has 248 valence electrons. The molecule has 2 unspecified atom stereocenters. The molecule has 10 heteroatoms. The van der Waals surface area contributed by atoms with Crippen molar-refractivity contribution in [1.29, 1.82) is 10.8 Å². The Morgan fingerprint density at radius 1 is 1.06 bits per heavy atom. The van der Waals surface area contributed by atoms with Crippen LogP contribution in [0.4, 0.5) is 10.5 Å². The minimum Gasteiger partial charge on any atom is -0.484 e. The Labute approximate surface area is 277 Å². The molecule has 0 radical (unpaired) electrons. The fourth-order valence-electron chi connectivity index (χ4n) is 6.09. The Hall–Kier alpha value is -4.70. The van der Waals surface area contributed by atoms with Crippen LogP contribution in [0.3, 0.4) is 0 Å². The van der Waals surface area contributed by atoms with Crippen molar-refractivity contribution in [2.24, 2.45) is 16.1 Å². The SMILES string of the molecule is Cc1ccc(N=C(/C=C(\N)C(C)(C)C)NC(=O)NC2CCC(Oc3cc(C)c(=N)n(C(=N)[C@@H]4CCCN4C)c3)c3ccccc32)cc1. The number of ether oxygens (including phenoxy) is 1. The number of amides is 2. The number of hydrogen-bond acceptors (Lipinski definition) is 7. The summed E-state index contributed by atoms with van der Waals surface area (Å²) >= 11 is 0. The number of carbonyl (C=O) groups is 1. The van der Waals surface area contributed by atoms with E-state index in [1.807, 2.05) is 96.3 Å². The summed E-state index contributed by atoms with van der Waals surface area (Å²) in [5.41, 5.74) is 11.6. The highest BCUT2D eigenvalue weighted by Gasteiger charge is 2.31. The molecule has 0 bridgehead atoms. The molecule has 6 N–H and O–H groups in total. The second-order valence-corrected chi connectivity index (χ2v) is 13.7. The number of fused-ring (bicyclic) bond motifs is 1. The first-order valence-electron chi connectivity index (χ1n) is 16.3. The van der Waals surface area contributed by atoms with E-state index in [1.165, 1.54) is 0 Å². The van der Waals surface area contributed by atoms with E-state index in [4.69, 9.17) is 21.3 Å². The number of urea groups is 1. The van der Waals surface area contributed by atoms with Crippen LogP contribution in [0, 0.1) is 30.1 Å². The normalized spacial score (nSPS) is 20.4. The maximum absolute atomic E-state index is 13.4. The first-order valence-corrected chi connectivity index (χ1v) is 16.3. The first kappa shape index (κ1) is 33.7. The molecule has 2 amide bonds. The van der Waals surface area contributed by atoms with Crippen LogP contribution in [0.2, 0.25) is 0 Å². The van der Waals surface area contributed by atoms with Gasteiger partial charge in [0.15, 0.2) is 0 Å². The monoisotopic (exact) mass is 636 g/mol. The highest BCUT2D eigenvalue weighted by molar-refractivity contribution is 6.05. The van der Waals surface area contributed by atoms with E-state index in [9.17, 15) is 4.79 Å². The van der Waals surface area contributed by atoms with Crippen molar-refractivity contribution in [2.45, 2.75) is 78.5 Å². The summed E-state index contributed by atoms with van der Waals surface area (Å²) in [7, 11) is 2.03. The topological polar surface area (TPSA) is 145 Å². The summed E-state index contributed by atoms with van der Waals surface area (Å²) < 4.78 is 8.23. The average Bonchev–Trinajstić information content (AvgIpc) is 3.46. The molecule has 2 heterocycles. The molecule has 2 aromatic carbocycles. The van der Waals surface area contributed by atoms with E-state index in [-0.39, 0.29) is 29.6 Å². The van der Waals surface area contributed by atoms with Gasteiger partial charge < -0.3 is 15.8 Å². The molecule has 3 atom stereocenters. The lowest BCUT2D eigenvalue weighted by Gasteiger charge is -2.32. The highest BCUT2D eigenvalue weighted by Crippen LogP contribution is 2.38. The summed E-state index contributed by atoms with van der Waals surface area (Å²) in [6.07, 6.45) is 6.54. The summed E-state index contributed by atoms with van der Waals surface area (Å²) in [5.74, 6) is 1.38. The number of allylic oxidation sites excluding steroid dienone is 1. The van der Waals surface area contributed by atoms with Gasteiger partial charge in [-0.1, -0.05) is 62.7 Å². The third-order valence-corrected chi connectivity index (χ3v) is 9.03. The lowest BCUT2D eigenvalue weighted by molar-refractivity contribution is 0.171. The maximum atomic E-state index is 13.4. The number of nitrogens with one attached hydrogen (secondary N) is 4. The number of aliphatic imine (C=N–C) groups is 1. The highest BCUT2D eigenvalue weighted by atomic mass is 16.5. The number of benzene rings is 2. The van der Waals surface area contributed by atoms with Gasteiger partial charge in [-0.2, -0.15) is 0 Å². The van der Waals surface area contributed by atoms with Gasteiger partial charge in [0.2, 0.25) is 0 Å². The van der Waals surface area contributed by atoms with Gasteiger partial charge in [0.05, 0.1) is 24.0 Å². The number of hydrogen-bond donors (Lipinski definition) is 5. The maximum Gasteiger partial charge on any atom is 0.320 e. The van der Waals surface area contributed by atoms with E-state index in [0.717, 1.165) is 41.6 Å². The minimum absolute atomic E-state index is 0.0185. The molecule has 47 heavy (non-hydrogen) atoms. The molecular weight excluding hydrogens is 588 g/mol. The quantitative estimate of drug-likeness (QED) is 0.158. The number of aromatic nitrogens is 1. The fraction of sp³-hybridized carbons (Fsp3) is 0.405. The van der Waals surface area contributed by atoms with Crippen LogP contribution in [0.1, 0.15) is 80.9 Å². The predicted octanol–water partition coefficient (Wildman–Crippen LogP) is 6.38. The van der Waals surface area contributed by atoms with Gasteiger partial charge in [-0.3, -0.25) is 25.6 Å². The Kier molecular flexibility index (Phi) is 10.0. The van der Waals surface area contributed by atoms with Crippen molar-refractivity contribution < 1.29 is 9.53 Å². The molecule has 0 spiro atoms. The van der Waals surface area contributed by atoms with Crippen molar-refractivity contribution in [3.8, 4) is 5.75 Å². The van der Waals surface area contributed by atoms with Crippen LogP contribution in [-0.2, 0) is 0 Å².